The Balaban J connectivity index is 1.96. The average molecular weight is 441 g/mol. The predicted molar refractivity (Wildman–Crippen MR) is 130 cm³/mol. The van der Waals surface area contributed by atoms with Gasteiger partial charge < -0.3 is 16.3 Å². The van der Waals surface area contributed by atoms with Gasteiger partial charge in [0.25, 0.3) is 0 Å². The number of carbonyl (C=O) groups excluding carboxylic acids is 2. The minimum absolute atomic E-state index is 0.0745. The van der Waals surface area contributed by atoms with Crippen LogP contribution >= 0.6 is 0 Å². The highest BCUT2D eigenvalue weighted by Gasteiger charge is 2.29. The second-order valence-corrected chi connectivity index (χ2v) is 7.76. The summed E-state index contributed by atoms with van der Waals surface area (Å²) in [6.45, 7) is 2.12. The van der Waals surface area contributed by atoms with Crippen LogP contribution in [-0.2, 0) is 9.59 Å². The van der Waals surface area contributed by atoms with Crippen molar-refractivity contribution < 1.29 is 14.8 Å². The van der Waals surface area contributed by atoms with Gasteiger partial charge >= 0.3 is 0 Å². The zero-order chi connectivity index (χ0) is 23.4. The SMILES string of the molecule is CCCCC#Cc1cc2c(c3ccccc13)NC(=O)CC(=O)N2c1cccc(/C(N)=N/O)c1. The molecule has 0 aromatic heterocycles. The van der Waals surface area contributed by atoms with E-state index in [1.807, 2.05) is 30.3 Å². The number of nitrogens with one attached hydrogen (secondary N) is 1. The number of oxime groups is 1. The first-order valence-electron chi connectivity index (χ1n) is 10.8. The Morgan fingerprint density at radius 2 is 1.94 bits per heavy atom. The normalized spacial score (nSPS) is 13.7. The maximum Gasteiger partial charge on any atom is 0.241 e. The van der Waals surface area contributed by atoms with Crippen molar-refractivity contribution >= 4 is 45.5 Å². The molecule has 3 aromatic rings. The molecule has 2 amide bonds. The molecular weight excluding hydrogens is 416 g/mol. The molecule has 0 spiro atoms. The summed E-state index contributed by atoms with van der Waals surface area (Å²) in [5, 5.41) is 16.7. The van der Waals surface area contributed by atoms with Gasteiger partial charge in [0.1, 0.15) is 6.42 Å². The predicted octanol–water partition coefficient (Wildman–Crippen LogP) is 4.48. The number of fused-ring (bicyclic) bond motifs is 3. The Morgan fingerprint density at radius 1 is 1.15 bits per heavy atom. The smallest absolute Gasteiger partial charge is 0.241 e. The van der Waals surface area contributed by atoms with E-state index in [2.05, 4.69) is 29.2 Å². The van der Waals surface area contributed by atoms with Crippen molar-refractivity contribution in [3.63, 3.8) is 0 Å². The largest absolute Gasteiger partial charge is 0.409 e. The summed E-state index contributed by atoms with van der Waals surface area (Å²) in [5.74, 6) is 5.63. The quantitative estimate of drug-likeness (QED) is 0.106. The number of carbonyl (C=O) groups is 2. The van der Waals surface area contributed by atoms with E-state index in [4.69, 9.17) is 10.9 Å². The molecule has 1 aliphatic heterocycles. The number of anilines is 3. The fraction of sp³-hybridized carbons (Fsp3) is 0.192. The van der Waals surface area contributed by atoms with Crippen LogP contribution in [-0.4, -0.2) is 22.9 Å². The van der Waals surface area contributed by atoms with E-state index in [0.717, 1.165) is 35.6 Å². The van der Waals surface area contributed by atoms with Crippen LogP contribution < -0.4 is 16.0 Å². The lowest BCUT2D eigenvalue weighted by atomic mass is 10.00. The summed E-state index contributed by atoms with van der Waals surface area (Å²) >= 11 is 0. The van der Waals surface area contributed by atoms with E-state index in [-0.39, 0.29) is 24.1 Å². The Hall–Kier alpha value is -4.31. The average Bonchev–Trinajstić information content (AvgIpc) is 2.95. The molecule has 0 unspecified atom stereocenters. The lowest BCUT2D eigenvalue weighted by Gasteiger charge is -2.24. The fourth-order valence-electron chi connectivity index (χ4n) is 3.87. The van der Waals surface area contributed by atoms with E-state index in [9.17, 15) is 9.59 Å². The lowest BCUT2D eigenvalue weighted by molar-refractivity contribution is -0.124. The van der Waals surface area contributed by atoms with E-state index >= 15 is 0 Å². The molecule has 0 saturated heterocycles. The first-order valence-corrected chi connectivity index (χ1v) is 10.8. The monoisotopic (exact) mass is 440 g/mol. The van der Waals surface area contributed by atoms with Gasteiger partial charge in [0.05, 0.1) is 11.4 Å². The summed E-state index contributed by atoms with van der Waals surface area (Å²) in [7, 11) is 0. The summed E-state index contributed by atoms with van der Waals surface area (Å²) in [5.41, 5.74) is 8.58. The van der Waals surface area contributed by atoms with Crippen molar-refractivity contribution in [1.29, 1.82) is 0 Å². The molecule has 0 bridgehead atoms. The summed E-state index contributed by atoms with van der Waals surface area (Å²) in [4.78, 5) is 27.3. The van der Waals surface area contributed by atoms with Crippen LogP contribution in [0.1, 0.15) is 43.7 Å². The Morgan fingerprint density at radius 3 is 2.70 bits per heavy atom. The first-order chi connectivity index (χ1) is 16.0. The van der Waals surface area contributed by atoms with Crippen LogP contribution in [0.15, 0.2) is 59.8 Å². The molecule has 4 N–H and O–H groups in total. The van der Waals surface area contributed by atoms with Crippen molar-refractivity contribution in [3.05, 3.63) is 65.7 Å². The molecule has 1 heterocycles. The van der Waals surface area contributed by atoms with Crippen molar-refractivity contribution in [2.75, 3.05) is 10.2 Å². The molecular formula is C26H24N4O3. The van der Waals surface area contributed by atoms with Crippen molar-refractivity contribution in [2.24, 2.45) is 10.9 Å². The van der Waals surface area contributed by atoms with Crippen LogP contribution in [0.25, 0.3) is 10.8 Å². The molecule has 0 fully saturated rings. The highest BCUT2D eigenvalue weighted by atomic mass is 16.4. The third kappa shape index (κ3) is 4.37. The summed E-state index contributed by atoms with van der Waals surface area (Å²) in [6, 6.07) is 16.3. The minimum atomic E-state index is -0.386. The molecule has 0 saturated carbocycles. The van der Waals surface area contributed by atoms with Gasteiger partial charge in [-0.05, 0) is 30.0 Å². The number of hydrogen-bond donors (Lipinski definition) is 3. The molecule has 3 aromatic carbocycles. The van der Waals surface area contributed by atoms with Gasteiger partial charge in [-0.15, -0.1) is 0 Å². The molecule has 1 aliphatic rings. The van der Waals surface area contributed by atoms with Crippen molar-refractivity contribution in [1.82, 2.24) is 0 Å². The number of benzene rings is 3. The zero-order valence-corrected chi connectivity index (χ0v) is 18.3. The molecule has 7 heteroatoms. The van der Waals surface area contributed by atoms with Crippen molar-refractivity contribution in [3.8, 4) is 11.8 Å². The van der Waals surface area contributed by atoms with E-state index in [0.29, 0.717) is 22.6 Å². The van der Waals surface area contributed by atoms with Crippen LogP contribution in [0.2, 0.25) is 0 Å². The number of nitrogens with two attached hydrogens (primary N) is 1. The molecule has 33 heavy (non-hydrogen) atoms. The van der Waals surface area contributed by atoms with Crippen molar-refractivity contribution in [2.45, 2.75) is 32.6 Å². The number of rotatable bonds is 4. The highest BCUT2D eigenvalue weighted by molar-refractivity contribution is 6.22. The standard InChI is InChI=1S/C26H24N4O3/c1-2-3-4-5-9-17-15-22-25(21-13-7-6-12-20(17)21)28-23(31)16-24(32)30(22)19-11-8-10-18(14-19)26(27)29-33/h6-8,10-15,33H,2-4,16H2,1H3,(H2,27,29)(H,28,31). The topological polar surface area (TPSA) is 108 Å². The maximum atomic E-state index is 13.2. The van der Waals surface area contributed by atoms with Crippen LogP contribution in [0.3, 0.4) is 0 Å². The molecule has 4 rings (SSSR count). The lowest BCUT2D eigenvalue weighted by Crippen LogP contribution is -2.27. The highest BCUT2D eigenvalue weighted by Crippen LogP contribution is 2.41. The van der Waals surface area contributed by atoms with Gasteiger partial charge in [-0.3, -0.25) is 14.5 Å². The number of amides is 2. The van der Waals surface area contributed by atoms with Gasteiger partial charge in [0.15, 0.2) is 5.84 Å². The fourth-order valence-corrected chi connectivity index (χ4v) is 3.87. The van der Waals surface area contributed by atoms with Gasteiger partial charge in [-0.25, -0.2) is 0 Å². The van der Waals surface area contributed by atoms with Gasteiger partial charge in [-0.2, -0.15) is 0 Å². The molecule has 7 nitrogen and oxygen atoms in total. The Labute approximate surface area is 191 Å². The molecule has 0 aliphatic carbocycles. The number of amidine groups is 1. The number of unbranched alkanes of at least 4 members (excludes halogenated alkanes) is 2. The van der Waals surface area contributed by atoms with Crippen LogP contribution in [0.4, 0.5) is 17.1 Å². The maximum absolute atomic E-state index is 13.2. The van der Waals surface area contributed by atoms with Gasteiger partial charge in [0.2, 0.25) is 11.8 Å². The van der Waals surface area contributed by atoms with Crippen LogP contribution in [0.5, 0.6) is 0 Å². The summed E-state index contributed by atoms with van der Waals surface area (Å²) in [6.07, 6.45) is 2.54. The minimum Gasteiger partial charge on any atom is -0.409 e. The Bertz CT molecular complexity index is 1330. The van der Waals surface area contributed by atoms with Crippen LogP contribution in [0, 0.1) is 11.8 Å². The van der Waals surface area contributed by atoms with Gasteiger partial charge in [0, 0.05) is 28.6 Å². The number of hydrogen-bond acceptors (Lipinski definition) is 4. The third-order valence-electron chi connectivity index (χ3n) is 5.48. The van der Waals surface area contributed by atoms with E-state index < -0.39 is 0 Å². The van der Waals surface area contributed by atoms with E-state index in [1.54, 1.807) is 24.3 Å². The third-order valence-corrected chi connectivity index (χ3v) is 5.48. The summed E-state index contributed by atoms with van der Waals surface area (Å²) < 4.78 is 0. The second-order valence-electron chi connectivity index (χ2n) is 7.76. The van der Waals surface area contributed by atoms with E-state index in [1.165, 1.54) is 4.90 Å². The molecule has 166 valence electrons. The first kappa shape index (κ1) is 21.9. The van der Waals surface area contributed by atoms with Gasteiger partial charge in [-0.1, -0.05) is 66.7 Å². The Kier molecular flexibility index (Phi) is 6.27. The molecule has 0 atom stereocenters. The number of nitrogens with zero attached hydrogens (tertiary/aromatic N) is 2. The second kappa shape index (κ2) is 9.45. The zero-order valence-electron chi connectivity index (χ0n) is 18.3. The molecule has 0 radical (unpaired) electrons.